The van der Waals surface area contributed by atoms with E-state index in [2.05, 4.69) is 27.6 Å². The van der Waals surface area contributed by atoms with Gasteiger partial charge in [0.2, 0.25) is 0 Å². The number of hydrogen-bond acceptors (Lipinski definition) is 3. The number of benzene rings is 1. The number of likely N-dealkylation sites (tertiary alicyclic amines) is 1. The molecule has 0 radical (unpaired) electrons. The minimum atomic E-state index is 0.229. The van der Waals surface area contributed by atoms with Gasteiger partial charge in [0.25, 0.3) is 0 Å². The SMILES string of the molecule is CCc1nccn1CC1CCN(CC(=O)c2ccccc2)CC1. The Balaban J connectivity index is 1.48. The van der Waals surface area contributed by atoms with E-state index in [-0.39, 0.29) is 5.78 Å². The van der Waals surface area contributed by atoms with Crippen molar-refractivity contribution in [1.29, 1.82) is 0 Å². The van der Waals surface area contributed by atoms with E-state index in [1.54, 1.807) is 0 Å². The molecule has 1 saturated heterocycles. The minimum Gasteiger partial charge on any atom is -0.335 e. The normalized spacial score (nSPS) is 16.6. The first-order valence-electron chi connectivity index (χ1n) is 8.57. The number of hydrogen-bond donors (Lipinski definition) is 0. The summed E-state index contributed by atoms with van der Waals surface area (Å²) in [6, 6.07) is 9.61. The van der Waals surface area contributed by atoms with Crippen LogP contribution in [0.25, 0.3) is 0 Å². The zero-order valence-electron chi connectivity index (χ0n) is 13.8. The minimum absolute atomic E-state index is 0.229. The molecule has 0 amide bonds. The molecule has 23 heavy (non-hydrogen) atoms. The summed E-state index contributed by atoms with van der Waals surface area (Å²) in [7, 11) is 0. The maximum Gasteiger partial charge on any atom is 0.176 e. The Morgan fingerprint density at radius 2 is 1.96 bits per heavy atom. The van der Waals surface area contributed by atoms with Crippen LogP contribution in [0.3, 0.4) is 0 Å². The summed E-state index contributed by atoms with van der Waals surface area (Å²) in [5, 5.41) is 0. The van der Waals surface area contributed by atoms with E-state index >= 15 is 0 Å². The fourth-order valence-electron chi connectivity index (χ4n) is 3.34. The van der Waals surface area contributed by atoms with Gasteiger partial charge in [0, 0.05) is 30.9 Å². The number of nitrogens with zero attached hydrogens (tertiary/aromatic N) is 3. The van der Waals surface area contributed by atoms with Crippen LogP contribution in [0.5, 0.6) is 0 Å². The first-order chi connectivity index (χ1) is 11.3. The summed E-state index contributed by atoms with van der Waals surface area (Å²) >= 11 is 0. The lowest BCUT2D eigenvalue weighted by molar-refractivity contribution is 0.0890. The summed E-state index contributed by atoms with van der Waals surface area (Å²) in [5.41, 5.74) is 0.820. The number of carbonyl (C=O) groups excluding carboxylic acids is 1. The van der Waals surface area contributed by atoms with E-state index in [0.29, 0.717) is 12.5 Å². The van der Waals surface area contributed by atoms with Gasteiger partial charge in [-0.1, -0.05) is 37.3 Å². The lowest BCUT2D eigenvalue weighted by atomic mass is 9.96. The number of aromatic nitrogens is 2. The van der Waals surface area contributed by atoms with Gasteiger partial charge in [-0.15, -0.1) is 0 Å². The highest BCUT2D eigenvalue weighted by Crippen LogP contribution is 2.20. The molecule has 1 fully saturated rings. The highest BCUT2D eigenvalue weighted by atomic mass is 16.1. The van der Waals surface area contributed by atoms with Gasteiger partial charge in [0.05, 0.1) is 6.54 Å². The molecule has 1 aliphatic rings. The summed E-state index contributed by atoms with van der Waals surface area (Å²) in [5.74, 6) is 2.09. The number of imidazole rings is 1. The monoisotopic (exact) mass is 311 g/mol. The average molecular weight is 311 g/mol. The lowest BCUT2D eigenvalue weighted by Crippen LogP contribution is -2.38. The van der Waals surface area contributed by atoms with E-state index in [1.807, 2.05) is 36.5 Å². The summed E-state index contributed by atoms with van der Waals surface area (Å²) < 4.78 is 2.29. The van der Waals surface area contributed by atoms with Crippen molar-refractivity contribution in [3.63, 3.8) is 0 Å². The molecule has 2 heterocycles. The Bertz CT molecular complexity index is 627. The Morgan fingerprint density at radius 3 is 2.65 bits per heavy atom. The zero-order chi connectivity index (χ0) is 16.1. The lowest BCUT2D eigenvalue weighted by Gasteiger charge is -2.31. The average Bonchev–Trinajstić information content (AvgIpc) is 3.04. The van der Waals surface area contributed by atoms with Gasteiger partial charge < -0.3 is 4.57 Å². The van der Waals surface area contributed by atoms with Crippen LogP contribution >= 0.6 is 0 Å². The van der Waals surface area contributed by atoms with Gasteiger partial charge in [-0.3, -0.25) is 9.69 Å². The molecule has 0 aliphatic carbocycles. The molecule has 3 rings (SSSR count). The van der Waals surface area contributed by atoms with Crippen molar-refractivity contribution in [1.82, 2.24) is 14.5 Å². The molecule has 0 saturated carbocycles. The van der Waals surface area contributed by atoms with E-state index < -0.39 is 0 Å². The van der Waals surface area contributed by atoms with Crippen LogP contribution in [0.4, 0.5) is 0 Å². The van der Waals surface area contributed by atoms with Crippen molar-refractivity contribution in [2.75, 3.05) is 19.6 Å². The molecule has 1 aliphatic heterocycles. The topological polar surface area (TPSA) is 38.1 Å². The molecule has 4 nitrogen and oxygen atoms in total. The fraction of sp³-hybridized carbons (Fsp3) is 0.474. The Morgan fingerprint density at radius 1 is 1.22 bits per heavy atom. The zero-order valence-corrected chi connectivity index (χ0v) is 13.8. The fourth-order valence-corrected chi connectivity index (χ4v) is 3.34. The third-order valence-electron chi connectivity index (χ3n) is 4.74. The molecule has 0 unspecified atom stereocenters. The van der Waals surface area contributed by atoms with Crippen LogP contribution in [0.1, 0.15) is 35.9 Å². The molecule has 4 heteroatoms. The first-order valence-corrected chi connectivity index (χ1v) is 8.57. The van der Waals surface area contributed by atoms with Crippen LogP contribution in [0.2, 0.25) is 0 Å². The van der Waals surface area contributed by atoms with Crippen LogP contribution in [-0.4, -0.2) is 39.9 Å². The number of Topliss-reactive ketones (excluding diaryl/α,β-unsaturated/α-hetero) is 1. The van der Waals surface area contributed by atoms with Crippen molar-refractivity contribution in [2.45, 2.75) is 32.7 Å². The second-order valence-electron chi connectivity index (χ2n) is 6.36. The van der Waals surface area contributed by atoms with Gasteiger partial charge >= 0.3 is 0 Å². The summed E-state index contributed by atoms with van der Waals surface area (Å²) in [4.78, 5) is 19.0. The number of rotatable bonds is 6. The molecule has 2 aromatic rings. The van der Waals surface area contributed by atoms with Crippen LogP contribution < -0.4 is 0 Å². The third kappa shape index (κ3) is 4.08. The molecule has 0 atom stereocenters. The van der Waals surface area contributed by atoms with Crippen molar-refractivity contribution in [3.05, 3.63) is 54.1 Å². The number of aryl methyl sites for hydroxylation is 1. The molecule has 0 spiro atoms. The van der Waals surface area contributed by atoms with Gasteiger partial charge in [0.1, 0.15) is 5.82 Å². The van der Waals surface area contributed by atoms with Gasteiger partial charge in [-0.2, -0.15) is 0 Å². The quantitative estimate of drug-likeness (QED) is 0.770. The van der Waals surface area contributed by atoms with Gasteiger partial charge in [-0.05, 0) is 31.8 Å². The Labute approximate surface area is 138 Å². The molecule has 122 valence electrons. The van der Waals surface area contributed by atoms with E-state index in [9.17, 15) is 4.79 Å². The van der Waals surface area contributed by atoms with Gasteiger partial charge in [-0.25, -0.2) is 4.98 Å². The molecular weight excluding hydrogens is 286 g/mol. The summed E-state index contributed by atoms with van der Waals surface area (Å²) in [6.07, 6.45) is 7.28. The van der Waals surface area contributed by atoms with Gasteiger partial charge in [0.15, 0.2) is 5.78 Å². The second kappa shape index (κ2) is 7.55. The molecular formula is C19H25N3O. The number of ketones is 1. The van der Waals surface area contributed by atoms with E-state index in [4.69, 9.17) is 0 Å². The standard InChI is InChI=1S/C19H25N3O/c1-2-19-20-10-13-22(19)14-16-8-11-21(12-9-16)15-18(23)17-6-4-3-5-7-17/h3-7,10,13,16H,2,8-9,11-12,14-15H2,1H3. The van der Waals surface area contributed by atoms with Crippen LogP contribution in [0, 0.1) is 5.92 Å². The largest absolute Gasteiger partial charge is 0.335 e. The number of carbonyl (C=O) groups is 1. The third-order valence-corrected chi connectivity index (χ3v) is 4.74. The van der Waals surface area contributed by atoms with Crippen LogP contribution in [0.15, 0.2) is 42.7 Å². The smallest absolute Gasteiger partial charge is 0.176 e. The highest BCUT2D eigenvalue weighted by molar-refractivity contribution is 5.97. The molecule has 1 aromatic heterocycles. The maximum absolute atomic E-state index is 12.3. The second-order valence-corrected chi connectivity index (χ2v) is 6.36. The molecule has 1 aromatic carbocycles. The van der Waals surface area contributed by atoms with Crippen molar-refractivity contribution < 1.29 is 4.79 Å². The van der Waals surface area contributed by atoms with Crippen molar-refractivity contribution in [3.8, 4) is 0 Å². The highest BCUT2D eigenvalue weighted by Gasteiger charge is 2.22. The Kier molecular flexibility index (Phi) is 5.23. The predicted molar refractivity (Wildman–Crippen MR) is 91.5 cm³/mol. The van der Waals surface area contributed by atoms with E-state index in [0.717, 1.165) is 44.5 Å². The van der Waals surface area contributed by atoms with E-state index in [1.165, 1.54) is 5.82 Å². The Hall–Kier alpha value is -1.94. The first kappa shape index (κ1) is 15.9. The van der Waals surface area contributed by atoms with Crippen molar-refractivity contribution >= 4 is 5.78 Å². The molecule has 0 bridgehead atoms. The number of piperidine rings is 1. The summed E-state index contributed by atoms with van der Waals surface area (Å²) in [6.45, 7) is 5.78. The molecule has 0 N–H and O–H groups in total. The predicted octanol–water partition coefficient (Wildman–Crippen LogP) is 3.04. The maximum atomic E-state index is 12.3. The van der Waals surface area contributed by atoms with Crippen LogP contribution in [-0.2, 0) is 13.0 Å². The van der Waals surface area contributed by atoms with Crippen molar-refractivity contribution in [2.24, 2.45) is 5.92 Å².